The van der Waals surface area contributed by atoms with Crippen molar-refractivity contribution in [3.63, 3.8) is 0 Å². The van der Waals surface area contributed by atoms with Crippen LogP contribution in [0.1, 0.15) is 47.0 Å². The molecule has 1 heterocycles. The van der Waals surface area contributed by atoms with E-state index in [1.807, 2.05) is 18.2 Å². The molecule has 0 aliphatic rings. The Balaban J connectivity index is 2.33. The highest BCUT2D eigenvalue weighted by Crippen LogP contribution is 2.30. The molecule has 1 amide bonds. The zero-order valence-corrected chi connectivity index (χ0v) is 15.0. The van der Waals surface area contributed by atoms with Gasteiger partial charge in [0.25, 0.3) is 0 Å². The summed E-state index contributed by atoms with van der Waals surface area (Å²) in [5.74, 6) is 1.41. The first-order valence-corrected chi connectivity index (χ1v) is 9.87. The molecule has 0 aromatic carbocycles. The summed E-state index contributed by atoms with van der Waals surface area (Å²) in [7, 11) is 3.30. The van der Waals surface area contributed by atoms with Gasteiger partial charge in [0.15, 0.2) is 0 Å². The minimum Gasteiger partial charge on any atom is -0.350 e. The number of carbonyl (C=O) groups is 1. The van der Waals surface area contributed by atoms with Crippen LogP contribution in [0.4, 0.5) is 0 Å². The number of hydrogen-bond acceptors (Lipinski definition) is 4. The summed E-state index contributed by atoms with van der Waals surface area (Å²) in [5, 5.41) is 4.24. The Hall–Kier alpha value is -0.680. The smallest absolute Gasteiger partial charge is 0.221 e. The van der Waals surface area contributed by atoms with Gasteiger partial charge in [-0.05, 0) is 41.7 Å². The van der Waals surface area contributed by atoms with Crippen LogP contribution in [0.25, 0.3) is 0 Å². The van der Waals surface area contributed by atoms with Crippen LogP contribution in [-0.2, 0) is 4.79 Å². The van der Waals surface area contributed by atoms with Crippen molar-refractivity contribution >= 4 is 27.5 Å². The van der Waals surface area contributed by atoms with Crippen molar-refractivity contribution in [2.24, 2.45) is 5.92 Å². The molecule has 0 aliphatic heterocycles. The van der Waals surface area contributed by atoms with Gasteiger partial charge in [-0.2, -0.15) is 0 Å². The van der Waals surface area contributed by atoms with Crippen LogP contribution in [0.2, 0.25) is 0 Å². The molecule has 21 heavy (non-hydrogen) atoms. The van der Waals surface area contributed by atoms with Gasteiger partial charge >= 0.3 is 0 Å². The first-order valence-electron chi connectivity index (χ1n) is 7.55. The highest BCUT2D eigenvalue weighted by molar-refractivity contribution is 8.76. The van der Waals surface area contributed by atoms with Crippen molar-refractivity contribution in [3.8, 4) is 0 Å². The molecule has 5 heteroatoms. The summed E-state index contributed by atoms with van der Waals surface area (Å²) >= 11 is 0. The Morgan fingerprint density at radius 3 is 2.57 bits per heavy atom. The Bertz CT molecular complexity index is 420. The second-order valence-corrected chi connectivity index (χ2v) is 7.83. The van der Waals surface area contributed by atoms with Crippen molar-refractivity contribution in [1.29, 1.82) is 0 Å². The van der Waals surface area contributed by atoms with Gasteiger partial charge in [-0.15, -0.1) is 0 Å². The molecule has 1 aromatic heterocycles. The second-order valence-electron chi connectivity index (χ2n) is 5.39. The zero-order chi connectivity index (χ0) is 15.7. The molecule has 1 aromatic rings. The van der Waals surface area contributed by atoms with E-state index in [1.54, 1.807) is 27.8 Å². The Kier molecular flexibility index (Phi) is 8.19. The molecule has 0 radical (unpaired) electrons. The average Bonchev–Trinajstić information content (AvgIpc) is 2.50. The van der Waals surface area contributed by atoms with Gasteiger partial charge in [0, 0.05) is 23.9 Å². The van der Waals surface area contributed by atoms with Gasteiger partial charge in [0.05, 0.1) is 0 Å². The highest BCUT2D eigenvalue weighted by Gasteiger charge is 2.31. The lowest BCUT2D eigenvalue weighted by Gasteiger charge is -2.37. The molecule has 1 rings (SSSR count). The standard InChI is InChI=1S/C16H26N2OS2/c1-5-16(6-2,13(3)4)18-14(19)10-12-20-21-15-9-7-8-11-17-15/h7-9,11,13H,5-6,10,12H2,1-4H3,(H,18,19). The summed E-state index contributed by atoms with van der Waals surface area (Å²) in [5.41, 5.74) is -0.0596. The summed E-state index contributed by atoms with van der Waals surface area (Å²) in [6.07, 6.45) is 4.29. The molecular weight excluding hydrogens is 300 g/mol. The van der Waals surface area contributed by atoms with Crippen LogP contribution in [0.15, 0.2) is 29.4 Å². The summed E-state index contributed by atoms with van der Waals surface area (Å²) in [6.45, 7) is 8.66. The fourth-order valence-electron chi connectivity index (χ4n) is 2.36. The van der Waals surface area contributed by atoms with Crippen molar-refractivity contribution in [2.75, 3.05) is 5.75 Å². The molecule has 0 aliphatic carbocycles. The second kappa shape index (κ2) is 9.36. The first-order chi connectivity index (χ1) is 10.0. The van der Waals surface area contributed by atoms with E-state index in [9.17, 15) is 4.79 Å². The van der Waals surface area contributed by atoms with Gasteiger partial charge < -0.3 is 5.32 Å². The molecule has 0 fully saturated rings. The highest BCUT2D eigenvalue weighted by atomic mass is 33.1. The number of carbonyl (C=O) groups excluding carboxylic acids is 1. The average molecular weight is 327 g/mol. The molecule has 0 bridgehead atoms. The lowest BCUT2D eigenvalue weighted by atomic mass is 9.81. The van der Waals surface area contributed by atoms with Crippen molar-refractivity contribution < 1.29 is 4.79 Å². The molecule has 118 valence electrons. The molecule has 0 spiro atoms. The van der Waals surface area contributed by atoms with E-state index in [1.165, 1.54) is 0 Å². The maximum atomic E-state index is 12.1. The minimum absolute atomic E-state index is 0.0596. The van der Waals surface area contributed by atoms with E-state index < -0.39 is 0 Å². The topological polar surface area (TPSA) is 42.0 Å². The number of rotatable bonds is 9. The summed E-state index contributed by atoms with van der Waals surface area (Å²) < 4.78 is 0. The number of pyridine rings is 1. The molecule has 1 N–H and O–H groups in total. The van der Waals surface area contributed by atoms with Gasteiger partial charge in [-0.1, -0.05) is 44.6 Å². The number of nitrogens with zero attached hydrogens (tertiary/aromatic N) is 1. The van der Waals surface area contributed by atoms with E-state index in [4.69, 9.17) is 0 Å². The number of nitrogens with one attached hydrogen (secondary N) is 1. The van der Waals surface area contributed by atoms with E-state index in [2.05, 4.69) is 38.0 Å². The zero-order valence-electron chi connectivity index (χ0n) is 13.4. The lowest BCUT2D eigenvalue weighted by molar-refractivity contribution is -0.123. The molecular formula is C16H26N2OS2. The van der Waals surface area contributed by atoms with Crippen molar-refractivity contribution in [3.05, 3.63) is 24.4 Å². The maximum absolute atomic E-state index is 12.1. The largest absolute Gasteiger partial charge is 0.350 e. The molecule has 0 atom stereocenters. The van der Waals surface area contributed by atoms with Crippen LogP contribution in [0.5, 0.6) is 0 Å². The normalized spacial score (nSPS) is 11.7. The summed E-state index contributed by atoms with van der Waals surface area (Å²) in [6, 6.07) is 5.86. The minimum atomic E-state index is -0.0596. The molecule has 0 unspecified atom stereocenters. The fourth-order valence-corrected chi connectivity index (χ4v) is 4.23. The lowest BCUT2D eigenvalue weighted by Crippen LogP contribution is -2.51. The van der Waals surface area contributed by atoms with E-state index in [-0.39, 0.29) is 11.4 Å². The fraction of sp³-hybridized carbons (Fsp3) is 0.625. The first kappa shape index (κ1) is 18.4. The monoisotopic (exact) mass is 326 g/mol. The van der Waals surface area contributed by atoms with Crippen LogP contribution in [0.3, 0.4) is 0 Å². The van der Waals surface area contributed by atoms with Crippen LogP contribution < -0.4 is 5.32 Å². The maximum Gasteiger partial charge on any atom is 0.221 e. The number of aromatic nitrogens is 1. The third-order valence-electron chi connectivity index (χ3n) is 3.95. The van der Waals surface area contributed by atoms with Crippen LogP contribution in [0, 0.1) is 5.92 Å². The van der Waals surface area contributed by atoms with E-state index in [0.717, 1.165) is 23.6 Å². The SMILES string of the molecule is CCC(CC)(NC(=O)CCSSc1ccccn1)C(C)C. The third-order valence-corrected chi connectivity index (χ3v) is 6.22. The van der Waals surface area contributed by atoms with Crippen LogP contribution >= 0.6 is 21.6 Å². The summed E-state index contributed by atoms with van der Waals surface area (Å²) in [4.78, 5) is 16.4. The predicted octanol–water partition coefficient (Wildman–Crippen LogP) is 4.54. The van der Waals surface area contributed by atoms with Crippen molar-refractivity contribution in [1.82, 2.24) is 10.3 Å². The third kappa shape index (κ3) is 5.91. The quantitative estimate of drug-likeness (QED) is 0.534. The van der Waals surface area contributed by atoms with Gasteiger partial charge in [0.2, 0.25) is 5.91 Å². The molecule has 0 saturated carbocycles. The Labute approximate surface area is 136 Å². The number of hydrogen-bond donors (Lipinski definition) is 1. The Morgan fingerprint density at radius 2 is 2.05 bits per heavy atom. The van der Waals surface area contributed by atoms with Gasteiger partial charge in [-0.3, -0.25) is 4.79 Å². The molecule has 3 nitrogen and oxygen atoms in total. The van der Waals surface area contributed by atoms with E-state index >= 15 is 0 Å². The van der Waals surface area contributed by atoms with E-state index in [0.29, 0.717) is 12.3 Å². The number of amides is 1. The van der Waals surface area contributed by atoms with Crippen LogP contribution in [-0.4, -0.2) is 22.2 Å². The van der Waals surface area contributed by atoms with Gasteiger partial charge in [0.1, 0.15) is 5.03 Å². The van der Waals surface area contributed by atoms with Gasteiger partial charge in [-0.25, -0.2) is 4.98 Å². The Morgan fingerprint density at radius 1 is 1.33 bits per heavy atom. The predicted molar refractivity (Wildman–Crippen MR) is 93.5 cm³/mol. The molecule has 0 saturated heterocycles. The van der Waals surface area contributed by atoms with Crippen molar-refractivity contribution in [2.45, 2.75) is 57.5 Å².